The second-order valence-corrected chi connectivity index (χ2v) is 21.6. The number of hydrogen-bond donors (Lipinski definition) is 7. The lowest BCUT2D eigenvalue weighted by atomic mass is 9.77. The lowest BCUT2D eigenvalue weighted by Gasteiger charge is -2.33. The van der Waals surface area contributed by atoms with Crippen LogP contribution in [0.2, 0.25) is 0 Å². The summed E-state index contributed by atoms with van der Waals surface area (Å²) in [5, 5.41) is 40.8. The molecule has 7 rings (SSSR count). The molecule has 2 saturated carbocycles. The van der Waals surface area contributed by atoms with Gasteiger partial charge in [-0.15, -0.1) is 21.5 Å². The number of rotatable bonds is 27. The zero-order valence-corrected chi connectivity index (χ0v) is 45.2. The monoisotopic (exact) mass is 1060 g/mol. The van der Waals surface area contributed by atoms with Crippen molar-refractivity contribution in [2.75, 3.05) is 31.3 Å². The Labute approximate surface area is 447 Å². The summed E-state index contributed by atoms with van der Waals surface area (Å²) in [7, 11) is 3.00. The van der Waals surface area contributed by atoms with E-state index in [1.807, 2.05) is 63.5 Å². The van der Waals surface area contributed by atoms with E-state index in [-0.39, 0.29) is 66.1 Å². The van der Waals surface area contributed by atoms with Crippen LogP contribution in [-0.2, 0) is 37.1 Å². The molecular weight excluding hydrogens is 989 g/mol. The molecule has 20 nitrogen and oxygen atoms in total. The van der Waals surface area contributed by atoms with E-state index in [1.54, 1.807) is 40.5 Å². The van der Waals surface area contributed by atoms with Crippen molar-refractivity contribution in [2.45, 2.75) is 136 Å². The number of aliphatic hydroxyl groups excluding tert-OH is 1. The molecule has 76 heavy (non-hydrogen) atoms. The van der Waals surface area contributed by atoms with Crippen molar-refractivity contribution in [1.29, 1.82) is 0 Å². The van der Waals surface area contributed by atoms with Crippen molar-refractivity contribution in [3.63, 3.8) is 0 Å². The number of Topliss-reactive ketones (excluding diaryl/α,β-unsaturated/α-hetero) is 1. The third-order valence-corrected chi connectivity index (χ3v) is 14.8. The summed E-state index contributed by atoms with van der Waals surface area (Å²) in [6, 6.07) is 14.1. The SMILES string of the molecule is CNC(=O)c1nnc(NC(=O)C2CC2)cc1Nc1cccc(-c2ncn(CCNC(=O)CCCCCCCCCC(=O)N[C@H](C(=O)C3C[C@H](O)C[C@H]3C(=O)NCc3ccc(-c4scnc4C)cc3)C(C)(C)C)n2)c1OC. The number of hydrogen-bond acceptors (Lipinski definition) is 15. The second-order valence-electron chi connectivity index (χ2n) is 20.8. The predicted octanol–water partition coefficient (Wildman–Crippen LogP) is 7.06. The smallest absolute Gasteiger partial charge is 0.273 e. The zero-order chi connectivity index (χ0) is 54.4. The second kappa shape index (κ2) is 26.6. The maximum absolute atomic E-state index is 14.1. The molecule has 3 heterocycles. The van der Waals surface area contributed by atoms with Gasteiger partial charge in [0.05, 0.1) is 64.7 Å². The summed E-state index contributed by atoms with van der Waals surface area (Å²) < 4.78 is 7.43. The quantitative estimate of drug-likeness (QED) is 0.0260. The molecule has 0 aliphatic heterocycles. The number of carbonyl (C=O) groups is 6. The summed E-state index contributed by atoms with van der Waals surface area (Å²) >= 11 is 1.58. The minimum Gasteiger partial charge on any atom is -0.494 e. The number of methoxy groups -OCH3 is 1. The first-order valence-electron chi connectivity index (χ1n) is 26.3. The fraction of sp³-hybridized carbons (Fsp3) is 0.509. The minimum atomic E-state index is -0.806. The molecule has 406 valence electrons. The molecule has 5 aromatic rings. The number of ketones is 1. The van der Waals surface area contributed by atoms with Crippen LogP contribution in [0.25, 0.3) is 21.8 Å². The Hall–Kier alpha value is -7.13. The number of amides is 5. The van der Waals surface area contributed by atoms with Gasteiger partial charge in [-0.3, -0.25) is 33.4 Å². The molecular formula is C55H72N12O8S. The maximum Gasteiger partial charge on any atom is 0.273 e. The fourth-order valence-corrected chi connectivity index (χ4v) is 10.2. The zero-order valence-electron chi connectivity index (χ0n) is 44.4. The number of aliphatic hydroxyl groups is 1. The van der Waals surface area contributed by atoms with Gasteiger partial charge in [-0.2, -0.15) is 5.10 Å². The number of para-hydroxylation sites is 1. The van der Waals surface area contributed by atoms with Gasteiger partial charge in [0.1, 0.15) is 6.33 Å². The highest BCUT2D eigenvalue weighted by Gasteiger charge is 2.46. The van der Waals surface area contributed by atoms with E-state index in [1.165, 1.54) is 14.2 Å². The van der Waals surface area contributed by atoms with Gasteiger partial charge >= 0.3 is 0 Å². The van der Waals surface area contributed by atoms with Gasteiger partial charge in [0.15, 0.2) is 28.9 Å². The molecule has 1 unspecified atom stereocenters. The van der Waals surface area contributed by atoms with Crippen molar-refractivity contribution in [3.8, 4) is 27.6 Å². The van der Waals surface area contributed by atoms with Crippen LogP contribution in [-0.4, -0.2) is 103 Å². The topological polar surface area (TPSA) is 273 Å². The fourth-order valence-electron chi connectivity index (χ4n) is 9.41. The summed E-state index contributed by atoms with van der Waals surface area (Å²) in [4.78, 5) is 88.5. The molecule has 7 N–H and O–H groups in total. The van der Waals surface area contributed by atoms with Crippen LogP contribution >= 0.6 is 11.3 Å². The lowest BCUT2D eigenvalue weighted by Crippen LogP contribution is -2.52. The maximum atomic E-state index is 14.1. The average molecular weight is 1060 g/mol. The molecule has 4 atom stereocenters. The Morgan fingerprint density at radius 1 is 0.842 bits per heavy atom. The van der Waals surface area contributed by atoms with Gasteiger partial charge in [0.2, 0.25) is 23.6 Å². The molecule has 3 aromatic heterocycles. The number of carbonyl (C=O) groups excluding carboxylic acids is 6. The number of anilines is 3. The molecule has 0 bridgehead atoms. The van der Waals surface area contributed by atoms with Gasteiger partial charge in [-0.05, 0) is 74.1 Å². The first kappa shape index (κ1) is 56.6. The molecule has 0 saturated heterocycles. The largest absolute Gasteiger partial charge is 0.494 e. The summed E-state index contributed by atoms with van der Waals surface area (Å²) in [5.41, 5.74) is 5.59. The standard InChI is InChI=1S/C55H72N12O8S/c1-33-49(76-32-60-33)35-21-19-34(20-22-35)30-58-53(73)40-28-37(68)27-39(40)47(71)50(55(2,3)4)63-45(70)18-13-11-9-7-8-10-12-17-44(69)57-25-26-67-31-59-51(66-67)38-15-14-16-41(48(38)75-6)61-42-29-43(62-52(72)36-23-24-36)64-65-46(42)54(74)56-5/h14-16,19-22,29,31-32,36-37,39-40,50,68H,7-13,17-18,23-28,30H2,1-6H3,(H,56,74)(H,57,69)(H,58,73)(H,63,70)(H2,61,62,64,72)/t37-,39?,40+,50+/m0/s1. The first-order valence-corrected chi connectivity index (χ1v) is 27.2. The molecule has 5 amide bonds. The number of aryl methyl sites for hydroxylation is 1. The van der Waals surface area contributed by atoms with Gasteiger partial charge < -0.3 is 41.7 Å². The van der Waals surface area contributed by atoms with Gasteiger partial charge in [-0.25, -0.2) is 9.97 Å². The van der Waals surface area contributed by atoms with Crippen molar-refractivity contribution in [1.82, 2.24) is 51.2 Å². The lowest BCUT2D eigenvalue weighted by molar-refractivity contribution is -0.137. The van der Waals surface area contributed by atoms with Crippen molar-refractivity contribution < 1.29 is 38.6 Å². The highest BCUT2D eigenvalue weighted by atomic mass is 32.1. The van der Waals surface area contributed by atoms with Gasteiger partial charge in [0.25, 0.3) is 5.91 Å². The third-order valence-electron chi connectivity index (χ3n) is 13.8. The molecule has 2 aliphatic carbocycles. The van der Waals surface area contributed by atoms with Crippen LogP contribution in [0.15, 0.2) is 60.4 Å². The Morgan fingerprint density at radius 2 is 1.54 bits per heavy atom. The van der Waals surface area contributed by atoms with Crippen molar-refractivity contribution in [3.05, 3.63) is 77.3 Å². The summed E-state index contributed by atoms with van der Waals surface area (Å²) in [6.45, 7) is 8.73. The van der Waals surface area contributed by atoms with E-state index >= 15 is 0 Å². The normalized spacial score (nSPS) is 16.6. The number of benzene rings is 2. The van der Waals surface area contributed by atoms with Crippen LogP contribution in [0, 0.1) is 30.1 Å². The first-order chi connectivity index (χ1) is 36.5. The van der Waals surface area contributed by atoms with Crippen LogP contribution < -0.4 is 36.6 Å². The van der Waals surface area contributed by atoms with E-state index < -0.39 is 35.3 Å². The van der Waals surface area contributed by atoms with E-state index in [2.05, 4.69) is 57.2 Å². The van der Waals surface area contributed by atoms with E-state index in [0.717, 1.165) is 73.1 Å². The molecule has 2 aliphatic rings. The predicted molar refractivity (Wildman–Crippen MR) is 289 cm³/mol. The molecule has 2 aromatic carbocycles. The van der Waals surface area contributed by atoms with Crippen LogP contribution in [0.4, 0.5) is 17.2 Å². The van der Waals surface area contributed by atoms with E-state index in [9.17, 15) is 33.9 Å². The van der Waals surface area contributed by atoms with Crippen LogP contribution in [0.1, 0.15) is 126 Å². The third kappa shape index (κ3) is 15.5. The Bertz CT molecular complexity index is 2820. The summed E-state index contributed by atoms with van der Waals surface area (Å²) in [6.07, 6.45) is 9.61. The minimum absolute atomic E-state index is 0.0266. The van der Waals surface area contributed by atoms with Crippen molar-refractivity contribution >= 4 is 63.8 Å². The summed E-state index contributed by atoms with van der Waals surface area (Å²) in [5.74, 6) is -1.78. The van der Waals surface area contributed by atoms with E-state index in [4.69, 9.17) is 4.74 Å². The molecule has 2 fully saturated rings. The number of ether oxygens (including phenoxy) is 1. The number of nitrogens with zero attached hydrogens (tertiary/aromatic N) is 6. The van der Waals surface area contributed by atoms with Crippen LogP contribution in [0.3, 0.4) is 0 Å². The Balaban J connectivity index is 0.774. The molecule has 0 radical (unpaired) electrons. The van der Waals surface area contributed by atoms with E-state index in [0.29, 0.717) is 61.0 Å². The average Bonchev–Trinajstić information content (AvgIpc) is 3.79. The van der Waals surface area contributed by atoms with Crippen molar-refractivity contribution in [2.24, 2.45) is 23.2 Å². The highest BCUT2D eigenvalue weighted by molar-refractivity contribution is 7.13. The number of thiazole rings is 1. The van der Waals surface area contributed by atoms with Crippen LogP contribution in [0.5, 0.6) is 5.75 Å². The number of unbranched alkanes of at least 4 members (excludes halogenated alkanes) is 6. The molecule has 21 heteroatoms. The van der Waals surface area contributed by atoms with Gasteiger partial charge in [0, 0.05) is 50.9 Å². The molecule has 0 spiro atoms. The highest BCUT2D eigenvalue weighted by Crippen LogP contribution is 2.39. The Kier molecular flexibility index (Phi) is 19.8. The number of nitrogens with one attached hydrogen (secondary N) is 6. The number of aromatic nitrogens is 6. The van der Waals surface area contributed by atoms with Gasteiger partial charge in [-0.1, -0.05) is 83.2 Å². The Morgan fingerprint density at radius 3 is 2.20 bits per heavy atom.